The predicted molar refractivity (Wildman–Crippen MR) is 72.7 cm³/mol. The Balaban J connectivity index is 2.31. The second kappa shape index (κ2) is 6.08. The van der Waals surface area contributed by atoms with E-state index >= 15 is 0 Å². The first-order valence-electron chi connectivity index (χ1n) is 6.99. The largest absolute Gasteiger partial charge is 0.458 e. The summed E-state index contributed by atoms with van der Waals surface area (Å²) in [7, 11) is 0. The first-order chi connectivity index (χ1) is 9.43. The van der Waals surface area contributed by atoms with Gasteiger partial charge in [0.05, 0.1) is 24.7 Å². The highest BCUT2D eigenvalue weighted by atomic mass is 16.6. The molecule has 0 bridgehead atoms. The molecule has 2 rings (SSSR count). The number of aliphatic hydroxyl groups excluding tert-OH is 3. The van der Waals surface area contributed by atoms with Crippen LogP contribution in [0.15, 0.2) is 23.8 Å². The van der Waals surface area contributed by atoms with Crippen LogP contribution in [0.1, 0.15) is 26.2 Å². The number of hydrogen-bond donors (Lipinski definition) is 3. The third-order valence-corrected chi connectivity index (χ3v) is 4.39. The summed E-state index contributed by atoms with van der Waals surface area (Å²) in [5.41, 5.74) is 1.03. The van der Waals surface area contributed by atoms with Crippen molar-refractivity contribution in [3.05, 3.63) is 23.8 Å². The fourth-order valence-corrected chi connectivity index (χ4v) is 2.89. The first-order valence-corrected chi connectivity index (χ1v) is 6.99. The lowest BCUT2D eigenvalue weighted by Crippen LogP contribution is -2.27. The molecule has 5 heteroatoms. The molecule has 0 aromatic heterocycles. The van der Waals surface area contributed by atoms with Crippen molar-refractivity contribution in [1.82, 2.24) is 0 Å². The third-order valence-electron chi connectivity index (χ3n) is 4.39. The average Bonchev–Trinajstić information content (AvgIpc) is 2.67. The van der Waals surface area contributed by atoms with E-state index in [2.05, 4.69) is 6.58 Å². The summed E-state index contributed by atoms with van der Waals surface area (Å²) in [6, 6.07) is 0. The van der Waals surface area contributed by atoms with Crippen LogP contribution in [0.25, 0.3) is 0 Å². The minimum atomic E-state index is -0.958. The van der Waals surface area contributed by atoms with Crippen molar-refractivity contribution in [2.45, 2.75) is 44.5 Å². The van der Waals surface area contributed by atoms with Gasteiger partial charge in [-0.15, -0.1) is 0 Å². The molecular formula is C15H22O5. The Morgan fingerprint density at radius 3 is 2.75 bits per heavy atom. The minimum Gasteiger partial charge on any atom is -0.458 e. The highest BCUT2D eigenvalue weighted by Gasteiger charge is 2.41. The quantitative estimate of drug-likeness (QED) is 0.483. The summed E-state index contributed by atoms with van der Waals surface area (Å²) < 4.78 is 5.32. The zero-order valence-electron chi connectivity index (χ0n) is 11.7. The molecule has 1 aliphatic heterocycles. The van der Waals surface area contributed by atoms with Gasteiger partial charge in [-0.3, -0.25) is 4.79 Å². The Morgan fingerprint density at radius 2 is 2.10 bits per heavy atom. The fraction of sp³-hybridized carbons (Fsp3) is 0.667. The fourth-order valence-electron chi connectivity index (χ4n) is 2.89. The van der Waals surface area contributed by atoms with Gasteiger partial charge in [0.15, 0.2) is 0 Å². The maximum absolute atomic E-state index is 11.7. The summed E-state index contributed by atoms with van der Waals surface area (Å²) in [5.74, 6) is -0.496. The number of aliphatic hydroxyl groups is 3. The number of ether oxygens (including phenoxy) is 1. The highest BCUT2D eigenvalue weighted by molar-refractivity contribution is 5.75. The van der Waals surface area contributed by atoms with Gasteiger partial charge in [-0.05, 0) is 30.1 Å². The van der Waals surface area contributed by atoms with Gasteiger partial charge in [-0.25, -0.2) is 0 Å². The van der Waals surface area contributed by atoms with Crippen LogP contribution in [0.5, 0.6) is 0 Å². The van der Waals surface area contributed by atoms with E-state index in [-0.39, 0.29) is 30.8 Å². The smallest absolute Gasteiger partial charge is 0.309 e. The van der Waals surface area contributed by atoms with Crippen molar-refractivity contribution in [2.75, 3.05) is 6.61 Å². The standard InChI is InChI=1S/C15H22O5/c1-8-3-4-11-9(2)15(19)20-14(11)5-10(7-16)13(18)6-12(8)17/h5,9,11-14,16-18H,1,3-4,6-7H2,2H3/b10-5-/t9?,11-,12-,13-,14-/m0/s1. The summed E-state index contributed by atoms with van der Waals surface area (Å²) in [6.45, 7) is 5.34. The van der Waals surface area contributed by atoms with Crippen LogP contribution < -0.4 is 0 Å². The van der Waals surface area contributed by atoms with Gasteiger partial charge in [0.2, 0.25) is 0 Å². The Kier molecular flexibility index (Phi) is 4.62. The van der Waals surface area contributed by atoms with Gasteiger partial charge >= 0.3 is 5.97 Å². The van der Waals surface area contributed by atoms with Crippen LogP contribution in [0.2, 0.25) is 0 Å². The van der Waals surface area contributed by atoms with E-state index in [4.69, 9.17) is 4.74 Å². The van der Waals surface area contributed by atoms with E-state index in [1.807, 2.05) is 6.92 Å². The summed E-state index contributed by atoms with van der Waals surface area (Å²) in [4.78, 5) is 11.7. The van der Waals surface area contributed by atoms with E-state index in [9.17, 15) is 20.1 Å². The third kappa shape index (κ3) is 2.95. The van der Waals surface area contributed by atoms with Crippen molar-refractivity contribution in [3.63, 3.8) is 0 Å². The lowest BCUT2D eigenvalue weighted by atomic mass is 9.83. The van der Waals surface area contributed by atoms with Gasteiger partial charge in [0.25, 0.3) is 0 Å². The molecule has 0 saturated carbocycles. The molecule has 1 heterocycles. The van der Waals surface area contributed by atoms with Crippen molar-refractivity contribution in [3.8, 4) is 0 Å². The molecule has 5 nitrogen and oxygen atoms in total. The minimum absolute atomic E-state index is 0.0155. The van der Waals surface area contributed by atoms with E-state index < -0.39 is 18.3 Å². The van der Waals surface area contributed by atoms with Gasteiger partial charge in [0.1, 0.15) is 6.10 Å². The van der Waals surface area contributed by atoms with Crippen molar-refractivity contribution < 1.29 is 24.9 Å². The van der Waals surface area contributed by atoms with Crippen LogP contribution in [0, 0.1) is 11.8 Å². The Morgan fingerprint density at radius 1 is 1.40 bits per heavy atom. The van der Waals surface area contributed by atoms with E-state index in [0.717, 1.165) is 0 Å². The molecule has 1 unspecified atom stereocenters. The first kappa shape index (κ1) is 15.2. The second-order valence-electron chi connectivity index (χ2n) is 5.72. The lowest BCUT2D eigenvalue weighted by Gasteiger charge is -2.25. The number of carbonyl (C=O) groups excluding carboxylic acids is 1. The molecule has 0 amide bonds. The molecular weight excluding hydrogens is 260 g/mol. The number of esters is 1. The predicted octanol–water partition coefficient (Wildman–Crippen LogP) is 0.545. The molecule has 0 radical (unpaired) electrons. The zero-order valence-corrected chi connectivity index (χ0v) is 11.7. The molecule has 1 saturated heterocycles. The Bertz CT molecular complexity index is 428. The molecule has 0 spiro atoms. The molecule has 2 aliphatic rings. The van der Waals surface area contributed by atoms with Gasteiger partial charge in [-0.1, -0.05) is 13.5 Å². The SMILES string of the molecule is C=C1CC[C@H]2C(C)C(=O)O[C@H]2/C=C(/CO)[C@@H](O)C[C@@H]1O. The maximum atomic E-state index is 11.7. The molecule has 3 N–H and O–H groups in total. The van der Waals surface area contributed by atoms with Crippen LogP contribution in [0.4, 0.5) is 0 Å². The van der Waals surface area contributed by atoms with Crippen LogP contribution in [0.3, 0.4) is 0 Å². The van der Waals surface area contributed by atoms with E-state index in [1.54, 1.807) is 6.08 Å². The van der Waals surface area contributed by atoms with Crippen molar-refractivity contribution in [1.29, 1.82) is 0 Å². The maximum Gasteiger partial charge on any atom is 0.309 e. The average molecular weight is 282 g/mol. The number of hydrogen-bond acceptors (Lipinski definition) is 5. The van der Waals surface area contributed by atoms with E-state index in [0.29, 0.717) is 24.0 Å². The monoisotopic (exact) mass is 282 g/mol. The van der Waals surface area contributed by atoms with Gasteiger partial charge < -0.3 is 20.1 Å². The summed E-state index contributed by atoms with van der Waals surface area (Å²) >= 11 is 0. The molecule has 112 valence electrons. The van der Waals surface area contributed by atoms with Gasteiger partial charge in [-0.2, -0.15) is 0 Å². The normalized spacial score (nSPS) is 41.6. The second-order valence-corrected chi connectivity index (χ2v) is 5.72. The number of carbonyl (C=O) groups is 1. The van der Waals surface area contributed by atoms with Crippen molar-refractivity contribution in [2.24, 2.45) is 11.8 Å². The molecule has 20 heavy (non-hydrogen) atoms. The van der Waals surface area contributed by atoms with Crippen LogP contribution in [-0.4, -0.2) is 46.2 Å². The highest BCUT2D eigenvalue weighted by Crippen LogP contribution is 2.35. The lowest BCUT2D eigenvalue weighted by molar-refractivity contribution is -0.142. The van der Waals surface area contributed by atoms with E-state index in [1.165, 1.54) is 0 Å². The number of fused-ring (bicyclic) bond motifs is 1. The molecule has 0 aromatic carbocycles. The van der Waals surface area contributed by atoms with Crippen LogP contribution in [-0.2, 0) is 9.53 Å². The molecule has 1 aliphatic carbocycles. The van der Waals surface area contributed by atoms with Crippen molar-refractivity contribution >= 4 is 5.97 Å². The Hall–Kier alpha value is -1.17. The topological polar surface area (TPSA) is 87.0 Å². The summed E-state index contributed by atoms with van der Waals surface area (Å²) in [5, 5.41) is 29.4. The number of rotatable bonds is 1. The van der Waals surface area contributed by atoms with Crippen LogP contribution >= 0.6 is 0 Å². The Labute approximate surface area is 118 Å². The molecule has 1 fully saturated rings. The molecule has 0 aromatic rings. The molecule has 5 atom stereocenters. The zero-order chi connectivity index (χ0) is 14.9. The summed E-state index contributed by atoms with van der Waals surface area (Å²) in [6.07, 6.45) is 0.850. The van der Waals surface area contributed by atoms with Gasteiger partial charge in [0, 0.05) is 12.3 Å².